The SMILES string of the molecule is COC(=O)c1cccc(NC(=O)Cn2cnc3c(oc4ccccc43)c2=O)c1. The predicted octanol–water partition coefficient (Wildman–Crippen LogP) is 2.57. The van der Waals surface area contributed by atoms with E-state index in [-0.39, 0.29) is 12.1 Å². The lowest BCUT2D eigenvalue weighted by Gasteiger charge is -2.08. The molecular formula is C20H15N3O5. The molecule has 8 heteroatoms. The number of rotatable bonds is 4. The van der Waals surface area contributed by atoms with Crippen LogP contribution in [0.3, 0.4) is 0 Å². The number of aromatic nitrogens is 2. The number of furan rings is 1. The van der Waals surface area contributed by atoms with Crippen molar-refractivity contribution in [2.45, 2.75) is 6.54 Å². The van der Waals surface area contributed by atoms with Gasteiger partial charge in [0.2, 0.25) is 11.5 Å². The molecule has 0 saturated carbocycles. The molecule has 8 nitrogen and oxygen atoms in total. The predicted molar refractivity (Wildman–Crippen MR) is 102 cm³/mol. The lowest BCUT2D eigenvalue weighted by atomic mass is 10.2. The van der Waals surface area contributed by atoms with Crippen LogP contribution in [0.5, 0.6) is 0 Å². The average Bonchev–Trinajstić information content (AvgIpc) is 3.09. The molecule has 0 aliphatic heterocycles. The smallest absolute Gasteiger partial charge is 0.337 e. The fourth-order valence-electron chi connectivity index (χ4n) is 2.92. The second-order valence-electron chi connectivity index (χ2n) is 6.07. The molecule has 0 unspecified atom stereocenters. The quantitative estimate of drug-likeness (QED) is 0.548. The second kappa shape index (κ2) is 6.99. The molecule has 28 heavy (non-hydrogen) atoms. The minimum absolute atomic E-state index is 0.101. The molecule has 4 rings (SSSR count). The molecular weight excluding hydrogens is 362 g/mol. The highest BCUT2D eigenvalue weighted by atomic mass is 16.5. The topological polar surface area (TPSA) is 103 Å². The third-order valence-electron chi connectivity index (χ3n) is 4.23. The Morgan fingerprint density at radius 3 is 2.82 bits per heavy atom. The number of benzene rings is 2. The van der Waals surface area contributed by atoms with Gasteiger partial charge in [0.1, 0.15) is 17.6 Å². The number of anilines is 1. The first-order valence-electron chi connectivity index (χ1n) is 8.42. The minimum Gasteiger partial charge on any atom is -0.465 e. The lowest BCUT2D eigenvalue weighted by Crippen LogP contribution is -2.27. The van der Waals surface area contributed by atoms with Crippen LogP contribution in [-0.2, 0) is 16.1 Å². The molecule has 0 fully saturated rings. The van der Waals surface area contributed by atoms with Crippen molar-refractivity contribution in [3.05, 3.63) is 70.8 Å². The Hall–Kier alpha value is -3.94. The van der Waals surface area contributed by atoms with Gasteiger partial charge in [-0.05, 0) is 30.3 Å². The fraction of sp³-hybridized carbons (Fsp3) is 0.100. The molecule has 2 aromatic heterocycles. The molecule has 1 amide bonds. The Balaban J connectivity index is 1.59. The molecule has 4 aromatic rings. The Bertz CT molecular complexity index is 1270. The zero-order chi connectivity index (χ0) is 19.7. The van der Waals surface area contributed by atoms with Crippen LogP contribution in [0.1, 0.15) is 10.4 Å². The first-order chi connectivity index (χ1) is 13.6. The van der Waals surface area contributed by atoms with Crippen LogP contribution >= 0.6 is 0 Å². The van der Waals surface area contributed by atoms with Crippen LogP contribution in [0.4, 0.5) is 5.69 Å². The average molecular weight is 377 g/mol. The summed E-state index contributed by atoms with van der Waals surface area (Å²) in [4.78, 5) is 40.9. The van der Waals surface area contributed by atoms with Gasteiger partial charge in [0, 0.05) is 11.1 Å². The number of para-hydroxylation sites is 1. The number of hydrogen-bond acceptors (Lipinski definition) is 6. The summed E-state index contributed by atoms with van der Waals surface area (Å²) in [6, 6.07) is 13.5. The van der Waals surface area contributed by atoms with E-state index in [9.17, 15) is 14.4 Å². The van der Waals surface area contributed by atoms with Gasteiger partial charge < -0.3 is 14.5 Å². The molecule has 0 atom stereocenters. The molecule has 0 radical (unpaired) electrons. The largest absolute Gasteiger partial charge is 0.465 e. The number of carbonyl (C=O) groups excluding carboxylic acids is 2. The van der Waals surface area contributed by atoms with Crippen molar-refractivity contribution in [1.29, 1.82) is 0 Å². The highest BCUT2D eigenvalue weighted by Crippen LogP contribution is 2.24. The zero-order valence-electron chi connectivity index (χ0n) is 14.8. The molecule has 2 aromatic carbocycles. The Kier molecular flexibility index (Phi) is 4.36. The maximum atomic E-state index is 12.7. The van der Waals surface area contributed by atoms with E-state index in [2.05, 4.69) is 15.0 Å². The van der Waals surface area contributed by atoms with Gasteiger partial charge in [-0.3, -0.25) is 14.2 Å². The van der Waals surface area contributed by atoms with E-state index in [0.717, 1.165) is 5.39 Å². The first-order valence-corrected chi connectivity index (χ1v) is 8.42. The normalized spacial score (nSPS) is 10.9. The maximum Gasteiger partial charge on any atom is 0.337 e. The van der Waals surface area contributed by atoms with Crippen molar-refractivity contribution in [2.75, 3.05) is 12.4 Å². The van der Waals surface area contributed by atoms with Gasteiger partial charge in [-0.25, -0.2) is 9.78 Å². The monoisotopic (exact) mass is 377 g/mol. The van der Waals surface area contributed by atoms with E-state index in [1.54, 1.807) is 30.3 Å². The van der Waals surface area contributed by atoms with Gasteiger partial charge in [0.05, 0.1) is 19.0 Å². The standard InChI is InChI=1S/C20H15N3O5/c1-27-20(26)12-5-4-6-13(9-12)22-16(24)10-23-11-21-17-14-7-2-3-8-15(14)28-18(17)19(23)25/h2-9,11H,10H2,1H3,(H,22,24). The summed E-state index contributed by atoms with van der Waals surface area (Å²) in [6.45, 7) is -0.249. The molecule has 0 spiro atoms. The Morgan fingerprint density at radius 1 is 1.18 bits per heavy atom. The number of amides is 1. The van der Waals surface area contributed by atoms with E-state index in [0.29, 0.717) is 22.4 Å². The fourth-order valence-corrected chi connectivity index (χ4v) is 2.92. The molecule has 0 aliphatic rings. The number of methoxy groups -OCH3 is 1. The summed E-state index contributed by atoms with van der Waals surface area (Å²) in [7, 11) is 1.28. The van der Waals surface area contributed by atoms with Crippen molar-refractivity contribution >= 4 is 39.6 Å². The summed E-state index contributed by atoms with van der Waals surface area (Å²) in [5.41, 5.74) is 1.40. The van der Waals surface area contributed by atoms with Crippen molar-refractivity contribution in [2.24, 2.45) is 0 Å². The lowest BCUT2D eigenvalue weighted by molar-refractivity contribution is -0.116. The number of esters is 1. The van der Waals surface area contributed by atoms with Crippen LogP contribution in [0.25, 0.3) is 22.1 Å². The maximum absolute atomic E-state index is 12.7. The minimum atomic E-state index is -0.508. The number of fused-ring (bicyclic) bond motifs is 3. The molecule has 2 heterocycles. The third-order valence-corrected chi connectivity index (χ3v) is 4.23. The molecule has 140 valence electrons. The van der Waals surface area contributed by atoms with Crippen molar-refractivity contribution < 1.29 is 18.7 Å². The van der Waals surface area contributed by atoms with E-state index in [1.807, 2.05) is 12.1 Å². The highest BCUT2D eigenvalue weighted by Gasteiger charge is 2.15. The van der Waals surface area contributed by atoms with E-state index < -0.39 is 17.4 Å². The van der Waals surface area contributed by atoms with Gasteiger partial charge in [-0.15, -0.1) is 0 Å². The first kappa shape index (κ1) is 17.5. The Labute approximate surface area is 158 Å². The van der Waals surface area contributed by atoms with Gasteiger partial charge in [-0.2, -0.15) is 0 Å². The third kappa shape index (κ3) is 3.11. The van der Waals surface area contributed by atoms with Crippen molar-refractivity contribution in [3.8, 4) is 0 Å². The van der Waals surface area contributed by atoms with Crippen molar-refractivity contribution in [3.63, 3.8) is 0 Å². The number of nitrogens with zero attached hydrogens (tertiary/aromatic N) is 2. The van der Waals surface area contributed by atoms with Crippen LogP contribution in [-0.4, -0.2) is 28.5 Å². The Morgan fingerprint density at radius 2 is 2.00 bits per heavy atom. The molecule has 1 N–H and O–H groups in total. The second-order valence-corrected chi connectivity index (χ2v) is 6.07. The van der Waals surface area contributed by atoms with Crippen LogP contribution in [0, 0.1) is 0 Å². The van der Waals surface area contributed by atoms with Crippen LogP contribution in [0.15, 0.2) is 64.1 Å². The van der Waals surface area contributed by atoms with Crippen molar-refractivity contribution in [1.82, 2.24) is 9.55 Å². The summed E-state index contributed by atoms with van der Waals surface area (Å²) >= 11 is 0. The number of nitrogens with one attached hydrogen (secondary N) is 1. The van der Waals surface area contributed by atoms with Gasteiger partial charge in [-0.1, -0.05) is 18.2 Å². The van der Waals surface area contributed by atoms with Gasteiger partial charge in [0.15, 0.2) is 0 Å². The zero-order valence-corrected chi connectivity index (χ0v) is 14.8. The molecule has 0 aliphatic carbocycles. The summed E-state index contributed by atoms with van der Waals surface area (Å²) in [6.07, 6.45) is 1.32. The number of hydrogen-bond donors (Lipinski definition) is 1. The van der Waals surface area contributed by atoms with Gasteiger partial charge >= 0.3 is 5.97 Å². The molecule has 0 saturated heterocycles. The summed E-state index contributed by atoms with van der Waals surface area (Å²) in [5, 5.41) is 3.39. The number of ether oxygens (including phenoxy) is 1. The molecule has 0 bridgehead atoms. The van der Waals surface area contributed by atoms with E-state index in [4.69, 9.17) is 4.42 Å². The van der Waals surface area contributed by atoms with E-state index in [1.165, 1.54) is 24.1 Å². The summed E-state index contributed by atoms with van der Waals surface area (Å²) in [5.74, 6) is -0.951. The van der Waals surface area contributed by atoms with Crippen LogP contribution < -0.4 is 10.9 Å². The number of carbonyl (C=O) groups is 2. The highest BCUT2D eigenvalue weighted by molar-refractivity contribution is 6.02. The van der Waals surface area contributed by atoms with Crippen LogP contribution in [0.2, 0.25) is 0 Å². The van der Waals surface area contributed by atoms with Gasteiger partial charge in [0.25, 0.3) is 5.56 Å². The van der Waals surface area contributed by atoms with E-state index >= 15 is 0 Å². The summed E-state index contributed by atoms with van der Waals surface area (Å²) < 4.78 is 11.4.